The first-order valence-corrected chi connectivity index (χ1v) is 6.43. The van der Waals surface area contributed by atoms with Crippen LogP contribution in [0.2, 0.25) is 0 Å². The van der Waals surface area contributed by atoms with Gasteiger partial charge in [0, 0.05) is 13.1 Å². The lowest BCUT2D eigenvalue weighted by atomic mass is 9.95. The van der Waals surface area contributed by atoms with Gasteiger partial charge in [0.1, 0.15) is 5.88 Å². The summed E-state index contributed by atoms with van der Waals surface area (Å²) in [7, 11) is 0. The van der Waals surface area contributed by atoms with Gasteiger partial charge >= 0.3 is 0 Å². The van der Waals surface area contributed by atoms with E-state index in [9.17, 15) is 4.79 Å². The Morgan fingerprint density at radius 2 is 2.22 bits per heavy atom. The molecule has 1 aliphatic rings. The minimum atomic E-state index is -0.107. The zero-order valence-electron chi connectivity index (χ0n) is 10.4. The summed E-state index contributed by atoms with van der Waals surface area (Å²) < 4.78 is 0. The fourth-order valence-corrected chi connectivity index (χ4v) is 2.35. The molecule has 0 fully saturated rings. The molecule has 0 aliphatic carbocycles. The maximum atomic E-state index is 11.4. The molecule has 0 saturated carbocycles. The topological polar surface area (TPSA) is 32.3 Å². The van der Waals surface area contributed by atoms with Crippen LogP contribution in [0.4, 0.5) is 0 Å². The van der Waals surface area contributed by atoms with Gasteiger partial charge in [0.15, 0.2) is 0 Å². The molecule has 0 aromatic heterocycles. The molecule has 1 unspecified atom stereocenters. The van der Waals surface area contributed by atoms with E-state index in [-0.39, 0.29) is 30.2 Å². The van der Waals surface area contributed by atoms with E-state index in [2.05, 4.69) is 29.3 Å². The summed E-state index contributed by atoms with van der Waals surface area (Å²) in [6.45, 7) is 4.94. The second-order valence-corrected chi connectivity index (χ2v) is 4.55. The van der Waals surface area contributed by atoms with Gasteiger partial charge < -0.3 is 5.32 Å². The molecule has 1 aromatic carbocycles. The van der Waals surface area contributed by atoms with E-state index < -0.39 is 0 Å². The molecular weight excluding hydrogens is 271 g/mol. The van der Waals surface area contributed by atoms with Crippen LogP contribution < -0.4 is 5.32 Å². The summed E-state index contributed by atoms with van der Waals surface area (Å²) in [5.74, 6) is -0.0884. The van der Waals surface area contributed by atoms with Gasteiger partial charge in [-0.1, -0.05) is 31.2 Å². The molecule has 0 radical (unpaired) electrons. The van der Waals surface area contributed by atoms with Crippen molar-refractivity contribution in [1.29, 1.82) is 0 Å². The van der Waals surface area contributed by atoms with Crippen molar-refractivity contribution in [2.75, 3.05) is 19.0 Å². The molecule has 1 aromatic rings. The van der Waals surface area contributed by atoms with Crippen molar-refractivity contribution in [2.45, 2.75) is 19.5 Å². The molecule has 1 aliphatic heterocycles. The molecule has 0 spiro atoms. The Labute approximate surface area is 119 Å². The first-order valence-electron chi connectivity index (χ1n) is 5.90. The number of nitrogens with one attached hydrogen (secondary N) is 1. The highest BCUT2D eigenvalue weighted by Gasteiger charge is 2.24. The standard InChI is InChI=1S/C13H17ClN2O.ClH/c1-2-16-8-10-5-3-4-6-11(10)12(9-16)15-13(17)7-14;/h3-6,12H,2,7-9H2,1H3,(H,15,17);1H. The number of likely N-dealkylation sites (N-methyl/N-ethyl adjacent to an activating group) is 1. The summed E-state index contributed by atoms with van der Waals surface area (Å²) in [6.07, 6.45) is 0. The highest BCUT2D eigenvalue weighted by molar-refractivity contribution is 6.27. The predicted octanol–water partition coefficient (Wildman–Crippen LogP) is 2.34. The molecule has 0 bridgehead atoms. The number of hydrogen-bond donors (Lipinski definition) is 1. The minimum absolute atomic E-state index is 0. The predicted molar refractivity (Wildman–Crippen MR) is 76.2 cm³/mol. The number of fused-ring (bicyclic) bond motifs is 1. The maximum Gasteiger partial charge on any atom is 0.235 e. The van der Waals surface area contributed by atoms with Crippen LogP contribution in [0.3, 0.4) is 0 Å². The largest absolute Gasteiger partial charge is 0.347 e. The number of carbonyl (C=O) groups excluding carboxylic acids is 1. The number of nitrogens with zero attached hydrogens (tertiary/aromatic N) is 1. The smallest absolute Gasteiger partial charge is 0.235 e. The third-order valence-corrected chi connectivity index (χ3v) is 3.41. The van der Waals surface area contributed by atoms with Crippen LogP contribution in [0.15, 0.2) is 24.3 Å². The van der Waals surface area contributed by atoms with Gasteiger partial charge in [-0.3, -0.25) is 9.69 Å². The molecule has 3 nitrogen and oxygen atoms in total. The number of benzene rings is 1. The summed E-state index contributed by atoms with van der Waals surface area (Å²) in [6, 6.07) is 8.32. The van der Waals surface area contributed by atoms with E-state index in [0.29, 0.717) is 0 Å². The van der Waals surface area contributed by atoms with E-state index in [4.69, 9.17) is 11.6 Å². The zero-order chi connectivity index (χ0) is 12.3. The van der Waals surface area contributed by atoms with Crippen molar-refractivity contribution in [1.82, 2.24) is 10.2 Å². The summed E-state index contributed by atoms with van der Waals surface area (Å²) >= 11 is 5.54. The Kier molecular flexibility index (Phi) is 5.93. The van der Waals surface area contributed by atoms with Crippen LogP contribution >= 0.6 is 24.0 Å². The van der Waals surface area contributed by atoms with E-state index in [1.807, 2.05) is 12.1 Å². The molecular formula is C13H18Cl2N2O. The first-order chi connectivity index (χ1) is 8.24. The Hall–Kier alpha value is -0.770. The van der Waals surface area contributed by atoms with Gasteiger partial charge in [-0.2, -0.15) is 0 Å². The van der Waals surface area contributed by atoms with Crippen LogP contribution in [0.25, 0.3) is 0 Å². The summed E-state index contributed by atoms with van der Waals surface area (Å²) in [4.78, 5) is 13.7. The normalized spacial score (nSPS) is 18.7. The SMILES string of the molecule is CCN1Cc2ccccc2C(NC(=O)CCl)C1.Cl. The van der Waals surface area contributed by atoms with Gasteiger partial charge in [-0.25, -0.2) is 0 Å². The number of amides is 1. The fourth-order valence-electron chi connectivity index (χ4n) is 2.28. The van der Waals surface area contributed by atoms with Crippen LogP contribution in [0, 0.1) is 0 Å². The first kappa shape index (κ1) is 15.3. The molecule has 2 rings (SSSR count). The molecule has 5 heteroatoms. The lowest BCUT2D eigenvalue weighted by Crippen LogP contribution is -2.42. The number of carbonyl (C=O) groups is 1. The average molecular weight is 289 g/mol. The van der Waals surface area contributed by atoms with E-state index in [0.717, 1.165) is 19.6 Å². The lowest BCUT2D eigenvalue weighted by Gasteiger charge is -2.34. The van der Waals surface area contributed by atoms with Gasteiger partial charge in [0.25, 0.3) is 0 Å². The Morgan fingerprint density at radius 3 is 2.89 bits per heavy atom. The van der Waals surface area contributed by atoms with Gasteiger partial charge in [0.05, 0.1) is 6.04 Å². The summed E-state index contributed by atoms with van der Waals surface area (Å²) in [5, 5.41) is 2.98. The van der Waals surface area contributed by atoms with E-state index in [1.165, 1.54) is 11.1 Å². The highest BCUT2D eigenvalue weighted by Crippen LogP contribution is 2.26. The number of halogens is 2. The number of alkyl halides is 1. The third-order valence-electron chi connectivity index (χ3n) is 3.17. The van der Waals surface area contributed by atoms with Crippen molar-refractivity contribution >= 4 is 29.9 Å². The van der Waals surface area contributed by atoms with Gasteiger partial charge in [0.2, 0.25) is 5.91 Å². The third kappa shape index (κ3) is 3.37. The van der Waals surface area contributed by atoms with E-state index in [1.54, 1.807) is 0 Å². The van der Waals surface area contributed by atoms with Crippen molar-refractivity contribution in [3.8, 4) is 0 Å². The van der Waals surface area contributed by atoms with E-state index >= 15 is 0 Å². The highest BCUT2D eigenvalue weighted by atomic mass is 35.5. The quantitative estimate of drug-likeness (QED) is 0.866. The Morgan fingerprint density at radius 1 is 1.50 bits per heavy atom. The molecule has 1 heterocycles. The number of rotatable bonds is 3. The molecule has 1 N–H and O–H groups in total. The van der Waals surface area contributed by atoms with Crippen molar-refractivity contribution < 1.29 is 4.79 Å². The fraction of sp³-hybridized carbons (Fsp3) is 0.462. The lowest BCUT2D eigenvalue weighted by molar-refractivity contribution is -0.119. The molecule has 0 saturated heterocycles. The molecule has 18 heavy (non-hydrogen) atoms. The maximum absolute atomic E-state index is 11.4. The van der Waals surface area contributed by atoms with Crippen molar-refractivity contribution in [2.24, 2.45) is 0 Å². The van der Waals surface area contributed by atoms with Gasteiger partial charge in [-0.05, 0) is 17.7 Å². The van der Waals surface area contributed by atoms with Crippen LogP contribution in [0.1, 0.15) is 24.1 Å². The van der Waals surface area contributed by atoms with Crippen LogP contribution in [-0.4, -0.2) is 29.8 Å². The second-order valence-electron chi connectivity index (χ2n) is 4.28. The molecule has 1 atom stereocenters. The Bertz CT molecular complexity index is 412. The monoisotopic (exact) mass is 288 g/mol. The summed E-state index contributed by atoms with van der Waals surface area (Å²) in [5.41, 5.74) is 2.51. The average Bonchev–Trinajstić information content (AvgIpc) is 2.38. The van der Waals surface area contributed by atoms with Crippen LogP contribution in [-0.2, 0) is 11.3 Å². The number of hydrogen-bond acceptors (Lipinski definition) is 2. The van der Waals surface area contributed by atoms with Gasteiger partial charge in [-0.15, -0.1) is 24.0 Å². The second kappa shape index (κ2) is 6.98. The molecule has 1 amide bonds. The molecule has 100 valence electrons. The van der Waals surface area contributed by atoms with Crippen molar-refractivity contribution in [3.63, 3.8) is 0 Å². The van der Waals surface area contributed by atoms with Crippen molar-refractivity contribution in [3.05, 3.63) is 35.4 Å². The minimum Gasteiger partial charge on any atom is -0.347 e. The van der Waals surface area contributed by atoms with Crippen LogP contribution in [0.5, 0.6) is 0 Å². The zero-order valence-corrected chi connectivity index (χ0v) is 11.9. The Balaban J connectivity index is 0.00000162.